The first kappa shape index (κ1) is 23.8. The fourth-order valence-electron chi connectivity index (χ4n) is 4.46. The van der Waals surface area contributed by atoms with Gasteiger partial charge in [-0.2, -0.15) is 0 Å². The molecule has 0 bridgehead atoms. The second-order valence-electron chi connectivity index (χ2n) is 8.36. The van der Waals surface area contributed by atoms with Gasteiger partial charge >= 0.3 is 0 Å². The average molecular weight is 479 g/mol. The summed E-state index contributed by atoms with van der Waals surface area (Å²) in [6.07, 6.45) is 4.35. The van der Waals surface area contributed by atoms with Crippen molar-refractivity contribution in [3.8, 4) is 11.5 Å². The van der Waals surface area contributed by atoms with E-state index in [1.54, 1.807) is 37.3 Å². The molecular formula is C27H30N2O4S. The van der Waals surface area contributed by atoms with Gasteiger partial charge in [0.25, 0.3) is 0 Å². The zero-order valence-electron chi connectivity index (χ0n) is 19.5. The number of hydrogen-bond acceptors (Lipinski definition) is 5. The predicted octanol–water partition coefficient (Wildman–Crippen LogP) is 5.14. The van der Waals surface area contributed by atoms with E-state index in [0.717, 1.165) is 36.1 Å². The van der Waals surface area contributed by atoms with Crippen LogP contribution in [-0.4, -0.2) is 32.1 Å². The Morgan fingerprint density at radius 1 is 1.00 bits per heavy atom. The molecule has 0 spiro atoms. The molecule has 1 saturated carbocycles. The van der Waals surface area contributed by atoms with Crippen LogP contribution in [0.4, 0.5) is 5.69 Å². The monoisotopic (exact) mass is 478 g/mol. The highest BCUT2D eigenvalue weighted by Crippen LogP contribution is 2.36. The first-order valence-corrected chi connectivity index (χ1v) is 12.4. The molecule has 178 valence electrons. The zero-order chi connectivity index (χ0) is 23.9. The number of methoxy groups -OCH3 is 2. The summed E-state index contributed by atoms with van der Waals surface area (Å²) in [6, 6.07) is 18.0. The van der Waals surface area contributed by atoms with Gasteiger partial charge in [0.1, 0.15) is 6.04 Å². The normalized spacial score (nSPS) is 14.4. The lowest BCUT2D eigenvalue weighted by Crippen LogP contribution is -2.46. The molecule has 0 radical (unpaired) electrons. The van der Waals surface area contributed by atoms with Gasteiger partial charge in [0.15, 0.2) is 11.5 Å². The van der Waals surface area contributed by atoms with Crippen LogP contribution < -0.4 is 19.7 Å². The molecule has 1 atom stereocenters. The number of carbonyl (C=O) groups is 2. The lowest BCUT2D eigenvalue weighted by atomic mass is 10.0. The molecule has 0 saturated heterocycles. The van der Waals surface area contributed by atoms with Crippen LogP contribution in [-0.2, 0) is 16.0 Å². The van der Waals surface area contributed by atoms with Gasteiger partial charge < -0.3 is 14.8 Å². The fraction of sp³-hybridized carbons (Fsp3) is 0.333. The number of nitrogens with one attached hydrogen (secondary N) is 1. The highest BCUT2D eigenvalue weighted by atomic mass is 32.1. The number of benzene rings is 2. The summed E-state index contributed by atoms with van der Waals surface area (Å²) in [7, 11) is 3.12. The number of hydrogen-bond donors (Lipinski definition) is 1. The minimum absolute atomic E-state index is 0.137. The van der Waals surface area contributed by atoms with Gasteiger partial charge in [-0.15, -0.1) is 11.3 Å². The second-order valence-corrected chi connectivity index (χ2v) is 9.39. The minimum Gasteiger partial charge on any atom is -0.493 e. The maximum Gasteiger partial charge on any atom is 0.248 e. The first-order chi connectivity index (χ1) is 16.6. The van der Waals surface area contributed by atoms with E-state index in [-0.39, 0.29) is 24.3 Å². The molecular weight excluding hydrogens is 448 g/mol. The zero-order valence-corrected chi connectivity index (χ0v) is 20.3. The largest absolute Gasteiger partial charge is 0.493 e. The molecule has 1 heterocycles. The van der Waals surface area contributed by atoms with Crippen LogP contribution in [0.15, 0.2) is 66.0 Å². The highest BCUT2D eigenvalue weighted by molar-refractivity contribution is 7.10. The van der Waals surface area contributed by atoms with Gasteiger partial charge in [0.05, 0.1) is 20.6 Å². The van der Waals surface area contributed by atoms with Gasteiger partial charge in [-0.25, -0.2) is 0 Å². The molecule has 1 aliphatic carbocycles. The van der Waals surface area contributed by atoms with Crippen LogP contribution in [0.3, 0.4) is 0 Å². The van der Waals surface area contributed by atoms with Crippen molar-refractivity contribution in [2.24, 2.45) is 0 Å². The Morgan fingerprint density at radius 3 is 2.38 bits per heavy atom. The van der Waals surface area contributed by atoms with E-state index in [1.165, 1.54) is 11.3 Å². The van der Waals surface area contributed by atoms with Crippen molar-refractivity contribution in [1.29, 1.82) is 0 Å². The van der Waals surface area contributed by atoms with Crippen LogP contribution in [0.1, 0.15) is 42.2 Å². The Labute approximate surface area is 204 Å². The highest BCUT2D eigenvalue weighted by Gasteiger charge is 2.34. The molecule has 34 heavy (non-hydrogen) atoms. The number of anilines is 1. The van der Waals surface area contributed by atoms with Crippen LogP contribution >= 0.6 is 11.3 Å². The topological polar surface area (TPSA) is 67.9 Å². The molecule has 1 aliphatic rings. The number of nitrogens with zero attached hydrogens (tertiary/aromatic N) is 1. The smallest absolute Gasteiger partial charge is 0.248 e. The van der Waals surface area contributed by atoms with Gasteiger partial charge in [-0.05, 0) is 42.0 Å². The van der Waals surface area contributed by atoms with E-state index in [0.29, 0.717) is 17.2 Å². The lowest BCUT2D eigenvalue weighted by Gasteiger charge is -2.32. The predicted molar refractivity (Wildman–Crippen MR) is 135 cm³/mol. The Balaban J connectivity index is 1.78. The summed E-state index contributed by atoms with van der Waals surface area (Å²) >= 11 is 1.53. The molecule has 3 aromatic rings. The lowest BCUT2D eigenvalue weighted by molar-refractivity contribution is -0.127. The van der Waals surface area contributed by atoms with E-state index in [9.17, 15) is 9.59 Å². The number of carbonyl (C=O) groups excluding carboxylic acids is 2. The first-order valence-electron chi connectivity index (χ1n) is 11.5. The van der Waals surface area contributed by atoms with E-state index < -0.39 is 6.04 Å². The number of amides is 2. The molecule has 2 aromatic carbocycles. The van der Waals surface area contributed by atoms with Crippen molar-refractivity contribution in [1.82, 2.24) is 5.32 Å². The standard InChI is InChI=1S/C27H30N2O4S/c1-32-23-15-14-21(17-24(23)33-2)29(25(30)18-22-13-8-16-34-22)26(19-9-4-3-5-10-19)27(31)28-20-11-6-7-12-20/h3-5,8-10,13-17,20,26H,6-7,11-12,18H2,1-2H3,(H,28,31)/t26-/m0/s1. The summed E-state index contributed by atoms with van der Waals surface area (Å²) in [5.41, 5.74) is 1.34. The maximum atomic E-state index is 13.8. The maximum absolute atomic E-state index is 13.8. The van der Waals surface area contributed by atoms with E-state index >= 15 is 0 Å². The Hall–Kier alpha value is -3.32. The van der Waals surface area contributed by atoms with Crippen molar-refractivity contribution in [2.75, 3.05) is 19.1 Å². The molecule has 0 aliphatic heterocycles. The van der Waals surface area contributed by atoms with Crippen molar-refractivity contribution < 1.29 is 19.1 Å². The number of rotatable bonds is 9. The Kier molecular flexibility index (Phi) is 7.85. The van der Waals surface area contributed by atoms with E-state index in [4.69, 9.17) is 9.47 Å². The van der Waals surface area contributed by atoms with Crippen LogP contribution in [0.5, 0.6) is 11.5 Å². The van der Waals surface area contributed by atoms with Crippen molar-refractivity contribution in [3.63, 3.8) is 0 Å². The summed E-state index contributed by atoms with van der Waals surface area (Å²) in [5, 5.41) is 5.16. The van der Waals surface area contributed by atoms with Crippen molar-refractivity contribution >= 4 is 28.8 Å². The summed E-state index contributed by atoms with van der Waals surface area (Å²) in [6.45, 7) is 0. The SMILES string of the molecule is COc1ccc(N(C(=O)Cc2cccs2)[C@H](C(=O)NC2CCCC2)c2ccccc2)cc1OC. The van der Waals surface area contributed by atoms with Crippen molar-refractivity contribution in [2.45, 2.75) is 44.2 Å². The third-order valence-electron chi connectivity index (χ3n) is 6.14. The summed E-state index contributed by atoms with van der Waals surface area (Å²) in [5.74, 6) is 0.720. The third kappa shape index (κ3) is 5.42. The van der Waals surface area contributed by atoms with Gasteiger partial charge in [0.2, 0.25) is 11.8 Å². The van der Waals surface area contributed by atoms with E-state index in [2.05, 4.69) is 5.32 Å². The van der Waals surface area contributed by atoms with Crippen LogP contribution in [0.25, 0.3) is 0 Å². The second kappa shape index (κ2) is 11.2. The summed E-state index contributed by atoms with van der Waals surface area (Å²) in [4.78, 5) is 30.1. The average Bonchev–Trinajstić information content (AvgIpc) is 3.57. The van der Waals surface area contributed by atoms with Crippen LogP contribution in [0.2, 0.25) is 0 Å². The van der Waals surface area contributed by atoms with Crippen LogP contribution in [0, 0.1) is 0 Å². The van der Waals surface area contributed by atoms with Gasteiger partial charge in [0, 0.05) is 22.7 Å². The third-order valence-corrected chi connectivity index (χ3v) is 7.02. The molecule has 1 aromatic heterocycles. The molecule has 6 nitrogen and oxygen atoms in total. The molecule has 0 unspecified atom stereocenters. The van der Waals surface area contributed by atoms with Gasteiger partial charge in [-0.1, -0.05) is 49.2 Å². The molecule has 1 fully saturated rings. The Morgan fingerprint density at radius 2 is 1.74 bits per heavy atom. The number of ether oxygens (including phenoxy) is 2. The molecule has 1 N–H and O–H groups in total. The fourth-order valence-corrected chi connectivity index (χ4v) is 5.16. The Bertz CT molecular complexity index is 1100. The quantitative estimate of drug-likeness (QED) is 0.462. The van der Waals surface area contributed by atoms with Crippen molar-refractivity contribution in [3.05, 3.63) is 76.5 Å². The molecule has 7 heteroatoms. The minimum atomic E-state index is -0.813. The molecule has 2 amide bonds. The molecule has 4 rings (SSSR count). The van der Waals surface area contributed by atoms with E-state index in [1.807, 2.05) is 47.8 Å². The number of thiophene rings is 1. The summed E-state index contributed by atoms with van der Waals surface area (Å²) < 4.78 is 10.9. The van der Waals surface area contributed by atoms with Gasteiger partial charge in [-0.3, -0.25) is 14.5 Å².